The normalized spacial score (nSPS) is 29.5. The molecule has 0 radical (unpaired) electrons. The molecule has 112 valence electrons. The highest BCUT2D eigenvalue weighted by Crippen LogP contribution is 2.29. The van der Waals surface area contributed by atoms with Gasteiger partial charge >= 0.3 is 0 Å². The Balaban J connectivity index is 1.72. The molecule has 2 fully saturated rings. The second-order valence-corrected chi connectivity index (χ2v) is 6.55. The van der Waals surface area contributed by atoms with Crippen LogP contribution in [0.2, 0.25) is 0 Å². The van der Waals surface area contributed by atoms with Gasteiger partial charge in [0.25, 0.3) is 0 Å². The largest absolute Gasteiger partial charge is 0.377 e. The van der Waals surface area contributed by atoms with Crippen molar-refractivity contribution in [2.75, 3.05) is 13.2 Å². The first-order chi connectivity index (χ1) is 9.40. The van der Waals surface area contributed by atoms with Gasteiger partial charge in [-0.25, -0.2) is 0 Å². The van der Waals surface area contributed by atoms with Crippen molar-refractivity contribution in [1.82, 2.24) is 5.32 Å². The fourth-order valence-electron chi connectivity index (χ4n) is 3.38. The highest BCUT2D eigenvalue weighted by atomic mass is 16.5. The van der Waals surface area contributed by atoms with E-state index < -0.39 is 0 Å². The Bertz CT molecular complexity index is 225. The molecule has 2 saturated carbocycles. The average Bonchev–Trinajstić information content (AvgIpc) is 2.34. The van der Waals surface area contributed by atoms with Crippen molar-refractivity contribution in [1.29, 1.82) is 0 Å². The molecule has 0 saturated heterocycles. The number of hydrogen-bond donors (Lipinski definition) is 1. The van der Waals surface area contributed by atoms with Crippen molar-refractivity contribution in [2.24, 2.45) is 5.92 Å². The van der Waals surface area contributed by atoms with E-state index in [0.717, 1.165) is 19.1 Å². The predicted molar refractivity (Wildman–Crippen MR) is 81.5 cm³/mol. The second kappa shape index (κ2) is 8.97. The van der Waals surface area contributed by atoms with Gasteiger partial charge in [-0.3, -0.25) is 0 Å². The molecule has 2 atom stereocenters. The zero-order chi connectivity index (χ0) is 13.3. The molecule has 0 aromatic carbocycles. The monoisotopic (exact) mass is 267 g/mol. The molecule has 0 bridgehead atoms. The molecular weight excluding hydrogens is 234 g/mol. The summed E-state index contributed by atoms with van der Waals surface area (Å²) in [6.45, 7) is 4.40. The third-order valence-corrected chi connectivity index (χ3v) is 4.94. The zero-order valence-electron chi connectivity index (χ0n) is 12.8. The molecule has 0 aliphatic heterocycles. The van der Waals surface area contributed by atoms with Crippen LogP contribution in [0, 0.1) is 5.92 Å². The summed E-state index contributed by atoms with van der Waals surface area (Å²) in [5.74, 6) is 0.982. The molecule has 0 heterocycles. The van der Waals surface area contributed by atoms with Crippen LogP contribution in [0.1, 0.15) is 77.6 Å². The van der Waals surface area contributed by atoms with Crippen LogP contribution in [0.4, 0.5) is 0 Å². The minimum absolute atomic E-state index is 0.479. The number of ether oxygens (including phenoxy) is 1. The van der Waals surface area contributed by atoms with Gasteiger partial charge in [0.15, 0.2) is 0 Å². The first-order valence-electron chi connectivity index (χ1n) is 8.75. The van der Waals surface area contributed by atoms with E-state index in [0.29, 0.717) is 12.1 Å². The van der Waals surface area contributed by atoms with Crippen LogP contribution < -0.4 is 5.32 Å². The maximum Gasteiger partial charge on any atom is 0.0728 e. The van der Waals surface area contributed by atoms with Crippen LogP contribution in [0.5, 0.6) is 0 Å². The van der Waals surface area contributed by atoms with Crippen molar-refractivity contribution in [3.05, 3.63) is 0 Å². The van der Waals surface area contributed by atoms with Crippen LogP contribution in [0.3, 0.4) is 0 Å². The number of hydrogen-bond acceptors (Lipinski definition) is 2. The van der Waals surface area contributed by atoms with Gasteiger partial charge in [0.05, 0.1) is 6.10 Å². The van der Waals surface area contributed by atoms with E-state index in [4.69, 9.17) is 4.74 Å². The Morgan fingerprint density at radius 2 is 1.74 bits per heavy atom. The molecule has 2 aliphatic rings. The molecule has 2 unspecified atom stereocenters. The van der Waals surface area contributed by atoms with Crippen molar-refractivity contribution in [2.45, 2.75) is 89.7 Å². The Labute approximate surface area is 119 Å². The summed E-state index contributed by atoms with van der Waals surface area (Å²) in [5.41, 5.74) is 0. The summed E-state index contributed by atoms with van der Waals surface area (Å²) in [5, 5.41) is 3.73. The van der Waals surface area contributed by atoms with Crippen LogP contribution >= 0.6 is 0 Å². The van der Waals surface area contributed by atoms with Gasteiger partial charge in [-0.15, -0.1) is 0 Å². The second-order valence-electron chi connectivity index (χ2n) is 6.55. The molecule has 2 rings (SSSR count). The van der Waals surface area contributed by atoms with E-state index in [9.17, 15) is 0 Å². The van der Waals surface area contributed by atoms with E-state index >= 15 is 0 Å². The highest BCUT2D eigenvalue weighted by Gasteiger charge is 2.24. The summed E-state index contributed by atoms with van der Waals surface area (Å²) >= 11 is 0. The maximum absolute atomic E-state index is 6.27. The minimum Gasteiger partial charge on any atom is -0.377 e. The Hall–Kier alpha value is -0.0800. The number of nitrogens with one attached hydrogen (secondary N) is 1. The van der Waals surface area contributed by atoms with E-state index in [2.05, 4.69) is 12.2 Å². The summed E-state index contributed by atoms with van der Waals surface area (Å²) < 4.78 is 6.27. The van der Waals surface area contributed by atoms with Gasteiger partial charge in [0.2, 0.25) is 0 Å². The van der Waals surface area contributed by atoms with Gasteiger partial charge in [-0.2, -0.15) is 0 Å². The number of rotatable bonds is 7. The quantitative estimate of drug-likeness (QED) is 0.743. The third-order valence-electron chi connectivity index (χ3n) is 4.94. The molecule has 0 spiro atoms. The summed E-state index contributed by atoms with van der Waals surface area (Å²) in [7, 11) is 0. The van der Waals surface area contributed by atoms with E-state index in [-0.39, 0.29) is 0 Å². The SMILES string of the molecule is CCCNC1CCCCCCC1OCCC1CCC1. The molecule has 19 heavy (non-hydrogen) atoms. The smallest absolute Gasteiger partial charge is 0.0728 e. The van der Waals surface area contributed by atoms with E-state index in [1.165, 1.54) is 70.6 Å². The zero-order valence-corrected chi connectivity index (χ0v) is 12.8. The highest BCUT2D eigenvalue weighted by molar-refractivity contribution is 4.80. The Morgan fingerprint density at radius 1 is 0.947 bits per heavy atom. The minimum atomic E-state index is 0.479. The van der Waals surface area contributed by atoms with Crippen molar-refractivity contribution in [3.8, 4) is 0 Å². The average molecular weight is 267 g/mol. The first kappa shape index (κ1) is 15.3. The molecule has 2 aliphatic carbocycles. The van der Waals surface area contributed by atoms with Crippen molar-refractivity contribution < 1.29 is 4.74 Å². The standard InChI is InChI=1S/C17H33NO/c1-2-13-18-16-10-5-3-4-6-11-17(16)19-14-12-15-8-7-9-15/h15-18H,2-14H2,1H3. The third kappa shape index (κ3) is 5.43. The van der Waals surface area contributed by atoms with Crippen LogP contribution in [0.15, 0.2) is 0 Å². The molecular formula is C17H33NO. The Kier molecular flexibility index (Phi) is 7.23. The fourth-order valence-corrected chi connectivity index (χ4v) is 3.38. The molecule has 1 N–H and O–H groups in total. The van der Waals surface area contributed by atoms with E-state index in [1.807, 2.05) is 0 Å². The van der Waals surface area contributed by atoms with Crippen LogP contribution in [-0.2, 0) is 4.74 Å². The molecule has 0 aromatic rings. The fraction of sp³-hybridized carbons (Fsp3) is 1.00. The molecule has 2 nitrogen and oxygen atoms in total. The lowest BCUT2D eigenvalue weighted by molar-refractivity contribution is 0.00290. The lowest BCUT2D eigenvalue weighted by Crippen LogP contribution is -2.42. The van der Waals surface area contributed by atoms with Gasteiger partial charge < -0.3 is 10.1 Å². The van der Waals surface area contributed by atoms with Crippen molar-refractivity contribution in [3.63, 3.8) is 0 Å². The van der Waals surface area contributed by atoms with Gasteiger partial charge in [0.1, 0.15) is 0 Å². The molecule has 0 amide bonds. The topological polar surface area (TPSA) is 21.3 Å². The van der Waals surface area contributed by atoms with Crippen molar-refractivity contribution >= 4 is 0 Å². The van der Waals surface area contributed by atoms with Gasteiger partial charge in [0, 0.05) is 12.6 Å². The lowest BCUT2D eigenvalue weighted by Gasteiger charge is -2.32. The molecule has 0 aromatic heterocycles. The van der Waals surface area contributed by atoms with Crippen LogP contribution in [0.25, 0.3) is 0 Å². The predicted octanol–water partition coefficient (Wildman–Crippen LogP) is 4.28. The van der Waals surface area contributed by atoms with Crippen LogP contribution in [-0.4, -0.2) is 25.3 Å². The van der Waals surface area contributed by atoms with Gasteiger partial charge in [-0.1, -0.05) is 51.9 Å². The van der Waals surface area contributed by atoms with Gasteiger partial charge in [-0.05, 0) is 38.1 Å². The lowest BCUT2D eigenvalue weighted by atomic mass is 9.83. The summed E-state index contributed by atoms with van der Waals surface area (Å²) in [6.07, 6.45) is 15.5. The Morgan fingerprint density at radius 3 is 2.42 bits per heavy atom. The summed E-state index contributed by atoms with van der Waals surface area (Å²) in [6, 6.07) is 0.613. The van der Waals surface area contributed by atoms with E-state index in [1.54, 1.807) is 0 Å². The maximum atomic E-state index is 6.27. The molecule has 2 heteroatoms. The summed E-state index contributed by atoms with van der Waals surface area (Å²) in [4.78, 5) is 0. The first-order valence-corrected chi connectivity index (χ1v) is 8.75.